The lowest BCUT2D eigenvalue weighted by molar-refractivity contribution is 0.0973. The Morgan fingerprint density at radius 2 is 1.91 bits per heavy atom. The van der Waals surface area contributed by atoms with E-state index in [0.717, 1.165) is 29.6 Å². The van der Waals surface area contributed by atoms with Crippen molar-refractivity contribution in [3.63, 3.8) is 0 Å². The van der Waals surface area contributed by atoms with E-state index in [4.69, 9.17) is 4.74 Å². The normalized spacial score (nSPS) is 11.1. The Bertz CT molecular complexity index is 1230. The lowest BCUT2D eigenvalue weighted by Gasteiger charge is -2.07. The maximum atomic E-state index is 12.5. The SMILES string of the molecule is COc1ccnc(-c2ccnc(Nc3ccc4[nH]c(C(=O)CCCN(C)C)cc4c3)n2)c1. The van der Waals surface area contributed by atoms with Crippen molar-refractivity contribution in [3.05, 3.63) is 60.6 Å². The van der Waals surface area contributed by atoms with Crippen molar-refractivity contribution in [2.75, 3.05) is 33.1 Å². The van der Waals surface area contributed by atoms with Crippen molar-refractivity contribution in [2.24, 2.45) is 0 Å². The Labute approximate surface area is 186 Å². The molecule has 0 aliphatic carbocycles. The minimum atomic E-state index is 0.124. The summed E-state index contributed by atoms with van der Waals surface area (Å²) in [6, 6.07) is 13.2. The second kappa shape index (κ2) is 9.57. The molecule has 0 aliphatic heterocycles. The Kier molecular flexibility index (Phi) is 6.42. The van der Waals surface area contributed by atoms with Crippen LogP contribution in [0.2, 0.25) is 0 Å². The lowest BCUT2D eigenvalue weighted by atomic mass is 10.1. The summed E-state index contributed by atoms with van der Waals surface area (Å²) < 4.78 is 5.27. The molecular formula is C24H26N6O2. The number of aromatic nitrogens is 4. The average molecular weight is 431 g/mol. The molecule has 0 bridgehead atoms. The number of benzene rings is 1. The number of anilines is 2. The number of pyridine rings is 1. The Morgan fingerprint density at radius 3 is 2.72 bits per heavy atom. The summed E-state index contributed by atoms with van der Waals surface area (Å²) >= 11 is 0. The van der Waals surface area contributed by atoms with Crippen LogP contribution in [-0.2, 0) is 0 Å². The van der Waals surface area contributed by atoms with Crippen LogP contribution in [-0.4, -0.2) is 58.4 Å². The van der Waals surface area contributed by atoms with Gasteiger partial charge in [0, 0.05) is 41.5 Å². The number of ketones is 1. The lowest BCUT2D eigenvalue weighted by Crippen LogP contribution is -2.14. The molecule has 0 aliphatic rings. The molecule has 3 aromatic heterocycles. The van der Waals surface area contributed by atoms with Crippen LogP contribution >= 0.6 is 0 Å². The van der Waals surface area contributed by atoms with Crippen LogP contribution in [0.15, 0.2) is 54.9 Å². The molecule has 8 nitrogen and oxygen atoms in total. The molecule has 1 aromatic carbocycles. The number of nitrogens with one attached hydrogen (secondary N) is 2. The van der Waals surface area contributed by atoms with Crippen LogP contribution in [0.5, 0.6) is 5.75 Å². The van der Waals surface area contributed by atoms with E-state index in [9.17, 15) is 4.79 Å². The summed E-state index contributed by atoms with van der Waals surface area (Å²) in [7, 11) is 5.63. The van der Waals surface area contributed by atoms with Gasteiger partial charge in [-0.25, -0.2) is 9.97 Å². The summed E-state index contributed by atoms with van der Waals surface area (Å²) in [5.74, 6) is 1.30. The van der Waals surface area contributed by atoms with Gasteiger partial charge in [0.15, 0.2) is 5.78 Å². The number of Topliss-reactive ketones (excluding diaryl/α,β-unsaturated/α-hetero) is 1. The fourth-order valence-electron chi connectivity index (χ4n) is 3.42. The number of methoxy groups -OCH3 is 1. The van der Waals surface area contributed by atoms with Gasteiger partial charge in [-0.05, 0) is 63.5 Å². The number of aromatic amines is 1. The Hall–Kier alpha value is -3.78. The molecule has 0 spiro atoms. The predicted octanol–water partition coefficient (Wildman–Crippen LogP) is 4.30. The molecule has 4 rings (SSSR count). The topological polar surface area (TPSA) is 96.0 Å². The Morgan fingerprint density at radius 1 is 1.06 bits per heavy atom. The van der Waals surface area contributed by atoms with E-state index in [1.165, 1.54) is 0 Å². The van der Waals surface area contributed by atoms with Crippen molar-refractivity contribution in [1.82, 2.24) is 24.8 Å². The number of ether oxygens (including phenoxy) is 1. The number of hydrogen-bond donors (Lipinski definition) is 2. The zero-order valence-corrected chi connectivity index (χ0v) is 18.4. The molecule has 0 atom stereocenters. The molecule has 3 heterocycles. The first-order valence-corrected chi connectivity index (χ1v) is 10.4. The first-order valence-electron chi connectivity index (χ1n) is 10.4. The van der Waals surface area contributed by atoms with E-state index in [1.807, 2.05) is 44.4 Å². The monoisotopic (exact) mass is 430 g/mol. The minimum Gasteiger partial charge on any atom is -0.497 e. The summed E-state index contributed by atoms with van der Waals surface area (Å²) in [5.41, 5.74) is 3.78. The number of hydrogen-bond acceptors (Lipinski definition) is 7. The molecule has 8 heteroatoms. The van der Waals surface area contributed by atoms with Crippen LogP contribution < -0.4 is 10.1 Å². The predicted molar refractivity (Wildman–Crippen MR) is 126 cm³/mol. The van der Waals surface area contributed by atoms with Gasteiger partial charge in [-0.3, -0.25) is 9.78 Å². The number of carbonyl (C=O) groups is 1. The van der Waals surface area contributed by atoms with Gasteiger partial charge in [0.05, 0.1) is 24.2 Å². The largest absolute Gasteiger partial charge is 0.497 e. The fraction of sp³-hybridized carbons (Fsp3) is 0.250. The molecule has 0 saturated carbocycles. The highest BCUT2D eigenvalue weighted by molar-refractivity contribution is 6.00. The van der Waals surface area contributed by atoms with Gasteiger partial charge in [-0.2, -0.15) is 0 Å². The molecule has 32 heavy (non-hydrogen) atoms. The van der Waals surface area contributed by atoms with Gasteiger partial charge in [-0.1, -0.05) is 0 Å². The highest BCUT2D eigenvalue weighted by Gasteiger charge is 2.11. The molecule has 164 valence electrons. The van der Waals surface area contributed by atoms with Crippen LogP contribution in [0.4, 0.5) is 11.6 Å². The van der Waals surface area contributed by atoms with Gasteiger partial charge < -0.3 is 19.9 Å². The highest BCUT2D eigenvalue weighted by Crippen LogP contribution is 2.24. The van der Waals surface area contributed by atoms with E-state index < -0.39 is 0 Å². The van der Waals surface area contributed by atoms with E-state index in [2.05, 4.69) is 30.2 Å². The van der Waals surface area contributed by atoms with Crippen molar-refractivity contribution >= 4 is 28.3 Å². The molecule has 0 amide bonds. The zero-order chi connectivity index (χ0) is 22.5. The minimum absolute atomic E-state index is 0.124. The van der Waals surface area contributed by atoms with Crippen molar-refractivity contribution in [2.45, 2.75) is 12.8 Å². The molecule has 0 fully saturated rings. The third-order valence-electron chi connectivity index (χ3n) is 5.07. The van der Waals surface area contributed by atoms with Crippen molar-refractivity contribution in [1.29, 1.82) is 0 Å². The molecule has 2 N–H and O–H groups in total. The number of carbonyl (C=O) groups excluding carboxylic acids is 1. The van der Waals surface area contributed by atoms with Gasteiger partial charge >= 0.3 is 0 Å². The zero-order valence-electron chi connectivity index (χ0n) is 18.4. The van der Waals surface area contributed by atoms with Gasteiger partial charge in [0.2, 0.25) is 5.95 Å². The molecule has 4 aromatic rings. The van der Waals surface area contributed by atoms with E-state index in [1.54, 1.807) is 31.6 Å². The highest BCUT2D eigenvalue weighted by atomic mass is 16.5. The Balaban J connectivity index is 1.50. The van der Waals surface area contributed by atoms with Gasteiger partial charge in [-0.15, -0.1) is 0 Å². The summed E-state index contributed by atoms with van der Waals surface area (Å²) in [6.07, 6.45) is 4.73. The second-order valence-electron chi connectivity index (χ2n) is 7.79. The molecular weight excluding hydrogens is 404 g/mol. The third kappa shape index (κ3) is 5.09. The first-order chi connectivity index (χ1) is 15.5. The second-order valence-corrected chi connectivity index (χ2v) is 7.79. The van der Waals surface area contributed by atoms with Crippen LogP contribution in [0.25, 0.3) is 22.3 Å². The summed E-state index contributed by atoms with van der Waals surface area (Å²) in [5, 5.41) is 4.19. The van der Waals surface area contributed by atoms with E-state index >= 15 is 0 Å². The number of H-pyrrole nitrogens is 1. The van der Waals surface area contributed by atoms with E-state index in [-0.39, 0.29) is 5.78 Å². The first kappa shape index (κ1) is 21.5. The third-order valence-corrected chi connectivity index (χ3v) is 5.07. The van der Waals surface area contributed by atoms with Crippen LogP contribution in [0, 0.1) is 0 Å². The average Bonchev–Trinajstić information content (AvgIpc) is 3.23. The number of fused-ring (bicyclic) bond motifs is 1. The fourth-order valence-corrected chi connectivity index (χ4v) is 3.42. The van der Waals surface area contributed by atoms with Gasteiger partial charge in [0.25, 0.3) is 0 Å². The van der Waals surface area contributed by atoms with Crippen molar-refractivity contribution in [3.8, 4) is 17.1 Å². The number of rotatable bonds is 9. The van der Waals surface area contributed by atoms with Crippen LogP contribution in [0.1, 0.15) is 23.3 Å². The smallest absolute Gasteiger partial charge is 0.227 e. The maximum Gasteiger partial charge on any atom is 0.227 e. The molecule has 0 saturated heterocycles. The number of nitrogens with zero attached hydrogens (tertiary/aromatic N) is 4. The maximum absolute atomic E-state index is 12.5. The van der Waals surface area contributed by atoms with E-state index in [0.29, 0.717) is 35.2 Å². The van der Waals surface area contributed by atoms with Crippen LogP contribution in [0.3, 0.4) is 0 Å². The standard InChI is InChI=1S/C24H26N6O2/c1-30(2)12-4-5-23(31)22-14-16-13-17(6-7-19(16)28-22)27-24-26-11-9-20(29-24)21-15-18(32-3)8-10-25-21/h6-11,13-15,28H,4-5,12H2,1-3H3,(H,26,27,29). The van der Waals surface area contributed by atoms with Crippen molar-refractivity contribution < 1.29 is 9.53 Å². The summed E-state index contributed by atoms with van der Waals surface area (Å²) in [4.78, 5) is 31.0. The molecule has 0 unspecified atom stereocenters. The summed E-state index contributed by atoms with van der Waals surface area (Å²) in [6.45, 7) is 0.893. The van der Waals surface area contributed by atoms with Gasteiger partial charge in [0.1, 0.15) is 5.75 Å². The molecule has 0 radical (unpaired) electrons. The quantitative estimate of drug-likeness (QED) is 0.382.